The number of amides is 1. The Balaban J connectivity index is 1.11. The molecule has 1 amide bonds. The molecule has 2 bridgehead atoms. The van der Waals surface area contributed by atoms with E-state index < -0.39 is 5.41 Å². The van der Waals surface area contributed by atoms with Gasteiger partial charge < -0.3 is 9.88 Å². The normalized spacial score (nSPS) is 23.1. The molecule has 3 aromatic heterocycles. The standard InChI is InChI=1S/C31H27N5OS/c1-30-19-31(2,26(36-16-15-33-27(30)36)24-5-3-4-6-25(24)30)28(37)35-29-34-23(18-38-29)17-20-7-9-21(10-8-20)22-11-13-32-14-12-22/h3-16,18,26H,17,19H2,1-2H3,(H,34,35,37). The summed E-state index contributed by atoms with van der Waals surface area (Å²) in [5.74, 6) is 1.04. The molecule has 0 radical (unpaired) electrons. The number of nitrogens with one attached hydrogen (secondary N) is 1. The third-order valence-electron chi connectivity index (χ3n) is 8.26. The average Bonchev–Trinajstić information content (AvgIpc) is 3.60. The van der Waals surface area contributed by atoms with Crippen LogP contribution in [0.5, 0.6) is 0 Å². The minimum Gasteiger partial charge on any atom is -0.326 e. The summed E-state index contributed by atoms with van der Waals surface area (Å²) in [6.07, 6.45) is 8.90. The van der Waals surface area contributed by atoms with Crippen LogP contribution >= 0.6 is 11.3 Å². The molecule has 188 valence electrons. The van der Waals surface area contributed by atoms with Crippen LogP contribution < -0.4 is 5.32 Å². The molecule has 3 aliphatic rings. The van der Waals surface area contributed by atoms with Crippen LogP contribution in [-0.2, 0) is 16.6 Å². The first kappa shape index (κ1) is 23.0. The van der Waals surface area contributed by atoms with Crippen LogP contribution in [0.2, 0.25) is 0 Å². The van der Waals surface area contributed by atoms with Crippen LogP contribution in [0.15, 0.2) is 90.8 Å². The van der Waals surface area contributed by atoms with Crippen molar-refractivity contribution in [3.05, 3.63) is 119 Å². The third-order valence-corrected chi connectivity index (χ3v) is 9.06. The van der Waals surface area contributed by atoms with Crippen molar-refractivity contribution in [1.29, 1.82) is 0 Å². The number of thiazole rings is 1. The molecule has 8 rings (SSSR count). The Morgan fingerprint density at radius 1 is 1.03 bits per heavy atom. The molecule has 3 atom stereocenters. The van der Waals surface area contributed by atoms with Gasteiger partial charge in [0, 0.05) is 36.6 Å². The fourth-order valence-corrected chi connectivity index (χ4v) is 7.28. The highest BCUT2D eigenvalue weighted by Gasteiger charge is 2.59. The van der Waals surface area contributed by atoms with Crippen LogP contribution in [0, 0.1) is 5.41 Å². The molecular weight excluding hydrogens is 490 g/mol. The summed E-state index contributed by atoms with van der Waals surface area (Å²) < 4.78 is 2.20. The molecule has 0 saturated heterocycles. The van der Waals surface area contributed by atoms with Crippen molar-refractivity contribution in [3.8, 4) is 11.1 Å². The van der Waals surface area contributed by atoms with Crippen LogP contribution in [0.3, 0.4) is 0 Å². The van der Waals surface area contributed by atoms with E-state index in [-0.39, 0.29) is 17.4 Å². The van der Waals surface area contributed by atoms with Gasteiger partial charge in [0.2, 0.25) is 5.91 Å². The maximum Gasteiger partial charge on any atom is 0.234 e. The van der Waals surface area contributed by atoms with E-state index in [0.29, 0.717) is 18.0 Å². The van der Waals surface area contributed by atoms with Gasteiger partial charge in [0.25, 0.3) is 0 Å². The summed E-state index contributed by atoms with van der Waals surface area (Å²) in [5, 5.41) is 5.85. The van der Waals surface area contributed by atoms with Crippen molar-refractivity contribution in [1.82, 2.24) is 19.5 Å². The molecule has 6 nitrogen and oxygen atoms in total. The predicted octanol–water partition coefficient (Wildman–Crippen LogP) is 6.25. The highest BCUT2D eigenvalue weighted by Crippen LogP contribution is 2.60. The average molecular weight is 518 g/mol. The second kappa shape index (κ2) is 8.46. The van der Waals surface area contributed by atoms with Gasteiger partial charge in [-0.15, -0.1) is 11.3 Å². The number of fused-ring (bicyclic) bond motifs is 1. The lowest BCUT2D eigenvalue weighted by atomic mass is 9.55. The first-order chi connectivity index (χ1) is 18.5. The largest absolute Gasteiger partial charge is 0.326 e. The minimum atomic E-state index is -0.634. The zero-order chi connectivity index (χ0) is 25.9. The molecule has 2 aromatic carbocycles. The van der Waals surface area contributed by atoms with Crippen molar-refractivity contribution >= 4 is 22.4 Å². The van der Waals surface area contributed by atoms with Gasteiger partial charge in [0.05, 0.1) is 22.6 Å². The van der Waals surface area contributed by atoms with Gasteiger partial charge in [-0.2, -0.15) is 0 Å². The smallest absolute Gasteiger partial charge is 0.234 e. The van der Waals surface area contributed by atoms with Gasteiger partial charge >= 0.3 is 0 Å². The van der Waals surface area contributed by atoms with E-state index in [2.05, 4.69) is 77.2 Å². The molecule has 38 heavy (non-hydrogen) atoms. The maximum atomic E-state index is 13.9. The van der Waals surface area contributed by atoms with E-state index in [1.807, 2.05) is 29.9 Å². The van der Waals surface area contributed by atoms with E-state index in [0.717, 1.165) is 22.6 Å². The Morgan fingerprint density at radius 2 is 1.79 bits per heavy atom. The second-order valence-corrected chi connectivity index (χ2v) is 11.6. The molecule has 0 fully saturated rings. The first-order valence-corrected chi connectivity index (χ1v) is 13.7. The number of hydrogen-bond acceptors (Lipinski definition) is 5. The molecule has 1 aliphatic carbocycles. The Labute approximate surface area is 225 Å². The van der Waals surface area contributed by atoms with Crippen molar-refractivity contribution in [2.24, 2.45) is 5.41 Å². The Kier molecular flexibility index (Phi) is 5.13. The highest BCUT2D eigenvalue weighted by molar-refractivity contribution is 7.13. The number of anilines is 1. The molecule has 0 saturated carbocycles. The molecular formula is C31H27N5OS. The number of imidazole rings is 1. The van der Waals surface area contributed by atoms with Crippen LogP contribution in [0.4, 0.5) is 5.13 Å². The number of pyridine rings is 1. The van der Waals surface area contributed by atoms with E-state index in [1.54, 1.807) is 12.4 Å². The minimum absolute atomic E-state index is 0.00480. The summed E-state index contributed by atoms with van der Waals surface area (Å²) in [5.41, 5.74) is 5.97. The van der Waals surface area contributed by atoms with Crippen LogP contribution in [0.25, 0.3) is 11.1 Å². The first-order valence-electron chi connectivity index (χ1n) is 12.8. The number of aromatic nitrogens is 4. The highest BCUT2D eigenvalue weighted by atomic mass is 32.1. The van der Waals surface area contributed by atoms with Gasteiger partial charge in [-0.1, -0.05) is 48.5 Å². The predicted molar refractivity (Wildman–Crippen MR) is 149 cm³/mol. The fraction of sp³-hybridized carbons (Fsp3) is 0.226. The number of hydrogen-bond donors (Lipinski definition) is 1. The Hall–Kier alpha value is -4.10. The molecule has 5 heterocycles. The van der Waals surface area contributed by atoms with E-state index >= 15 is 0 Å². The number of rotatable bonds is 5. The van der Waals surface area contributed by atoms with Gasteiger partial charge in [0.1, 0.15) is 5.82 Å². The van der Waals surface area contributed by atoms with E-state index in [1.165, 1.54) is 28.0 Å². The van der Waals surface area contributed by atoms with Crippen molar-refractivity contribution in [3.63, 3.8) is 0 Å². The molecule has 1 N–H and O–H groups in total. The SMILES string of the molecule is CC12CC(C)(C(=O)Nc3nc(Cc4ccc(-c5ccncc5)cc4)cs3)C(c3ccccc31)n1ccnc12. The summed E-state index contributed by atoms with van der Waals surface area (Å²) in [6.45, 7) is 4.30. The maximum absolute atomic E-state index is 13.9. The Morgan fingerprint density at radius 3 is 2.61 bits per heavy atom. The molecule has 7 heteroatoms. The summed E-state index contributed by atoms with van der Waals surface area (Å²) >= 11 is 1.48. The number of carbonyl (C=O) groups excluding carboxylic acids is 1. The van der Waals surface area contributed by atoms with Gasteiger partial charge in [-0.3, -0.25) is 9.78 Å². The number of carbonyl (C=O) groups is 1. The fourth-order valence-electron chi connectivity index (χ4n) is 6.57. The van der Waals surface area contributed by atoms with Crippen molar-refractivity contribution in [2.45, 2.75) is 38.1 Å². The molecule has 3 unspecified atom stereocenters. The van der Waals surface area contributed by atoms with Crippen LogP contribution in [0.1, 0.15) is 54.5 Å². The third kappa shape index (κ3) is 3.45. The van der Waals surface area contributed by atoms with E-state index in [9.17, 15) is 4.79 Å². The Bertz CT molecular complexity index is 1660. The summed E-state index contributed by atoms with van der Waals surface area (Å²) in [7, 11) is 0. The molecule has 5 aromatic rings. The topological polar surface area (TPSA) is 72.7 Å². The second-order valence-electron chi connectivity index (χ2n) is 10.8. The molecule has 2 aliphatic heterocycles. The lowest BCUT2D eigenvalue weighted by Gasteiger charge is -2.54. The van der Waals surface area contributed by atoms with Gasteiger partial charge in [-0.25, -0.2) is 9.97 Å². The van der Waals surface area contributed by atoms with E-state index in [4.69, 9.17) is 9.97 Å². The van der Waals surface area contributed by atoms with Crippen molar-refractivity contribution < 1.29 is 4.79 Å². The number of benzene rings is 2. The quantitative estimate of drug-likeness (QED) is 0.299. The van der Waals surface area contributed by atoms with Crippen molar-refractivity contribution in [2.75, 3.05) is 5.32 Å². The summed E-state index contributed by atoms with van der Waals surface area (Å²) in [4.78, 5) is 27.5. The molecule has 0 spiro atoms. The summed E-state index contributed by atoms with van der Waals surface area (Å²) in [6, 6.07) is 20.9. The zero-order valence-electron chi connectivity index (χ0n) is 21.3. The lowest BCUT2D eigenvalue weighted by molar-refractivity contribution is -0.129. The van der Waals surface area contributed by atoms with Crippen LogP contribution in [-0.4, -0.2) is 25.4 Å². The number of nitrogens with zero attached hydrogens (tertiary/aromatic N) is 4. The lowest BCUT2D eigenvalue weighted by Crippen LogP contribution is -2.55. The van der Waals surface area contributed by atoms with Gasteiger partial charge in [-0.05, 0) is 60.2 Å². The van der Waals surface area contributed by atoms with Gasteiger partial charge in [0.15, 0.2) is 5.13 Å². The monoisotopic (exact) mass is 517 g/mol. The zero-order valence-corrected chi connectivity index (χ0v) is 22.1.